The highest BCUT2D eigenvalue weighted by atomic mass is 16.7. The third-order valence-electron chi connectivity index (χ3n) is 9.52. The first kappa shape index (κ1) is 20.8. The number of hydrogen-bond acceptors (Lipinski definition) is 5. The van der Waals surface area contributed by atoms with Crippen LogP contribution in [0.4, 0.5) is 9.59 Å². The largest absolute Gasteiger partial charge is 0.508 e. The molecule has 3 unspecified atom stereocenters. The number of hydrogen-bond donors (Lipinski definition) is 1. The van der Waals surface area contributed by atoms with Crippen LogP contribution in [0.5, 0.6) is 0 Å². The van der Waals surface area contributed by atoms with Crippen LogP contribution < -0.4 is 5.32 Å². The Morgan fingerprint density at radius 3 is 2.31 bits per heavy atom. The predicted octanol–water partition coefficient (Wildman–Crippen LogP) is 4.91. The van der Waals surface area contributed by atoms with Gasteiger partial charge in [0.25, 0.3) is 0 Å². The minimum atomic E-state index is -0.546. The number of nitrogens with one attached hydrogen (secondary N) is 1. The maximum atomic E-state index is 11.9. The predicted molar refractivity (Wildman–Crippen MR) is 108 cm³/mol. The summed E-state index contributed by atoms with van der Waals surface area (Å²) in [6, 6.07) is 0.232. The number of amides is 1. The summed E-state index contributed by atoms with van der Waals surface area (Å²) in [5.41, 5.74) is 0.526. The van der Waals surface area contributed by atoms with Crippen molar-refractivity contribution in [3.8, 4) is 0 Å². The van der Waals surface area contributed by atoms with E-state index in [4.69, 9.17) is 14.2 Å². The van der Waals surface area contributed by atoms with Crippen LogP contribution in [0.3, 0.4) is 0 Å². The van der Waals surface area contributed by atoms with Gasteiger partial charge in [-0.05, 0) is 92.3 Å². The molecule has 6 nitrogen and oxygen atoms in total. The molecule has 0 heterocycles. The highest BCUT2D eigenvalue weighted by Crippen LogP contribution is 2.66. The molecule has 8 atom stereocenters. The van der Waals surface area contributed by atoms with Crippen LogP contribution in [-0.2, 0) is 14.2 Å². The summed E-state index contributed by atoms with van der Waals surface area (Å²) in [5, 5.41) is 3.14. The zero-order valence-corrected chi connectivity index (χ0v) is 18.4. The monoisotopic (exact) mass is 407 g/mol. The molecule has 1 N–H and O–H groups in total. The Bertz CT molecular complexity index is 653. The smallest absolute Gasteiger partial charge is 0.453 e. The highest BCUT2D eigenvalue weighted by Gasteiger charge is 2.60. The number of alkyl carbamates (subject to hydrolysis) is 1. The molecule has 4 aliphatic rings. The van der Waals surface area contributed by atoms with Crippen molar-refractivity contribution in [1.82, 2.24) is 5.32 Å². The summed E-state index contributed by atoms with van der Waals surface area (Å²) in [7, 11) is 2.83. The van der Waals surface area contributed by atoms with Gasteiger partial charge in [0.15, 0.2) is 0 Å². The molecule has 0 aromatic heterocycles. The van der Waals surface area contributed by atoms with Gasteiger partial charge in [-0.15, -0.1) is 0 Å². The lowest BCUT2D eigenvalue weighted by molar-refractivity contribution is -0.126. The molecule has 0 aromatic carbocycles. The molecule has 4 saturated carbocycles. The minimum Gasteiger partial charge on any atom is -0.453 e. The first-order chi connectivity index (χ1) is 13.8. The van der Waals surface area contributed by atoms with Gasteiger partial charge in [-0.2, -0.15) is 0 Å². The third kappa shape index (κ3) is 3.40. The Labute approximate surface area is 174 Å². The van der Waals surface area contributed by atoms with E-state index in [2.05, 4.69) is 19.2 Å². The fraction of sp³-hybridized carbons (Fsp3) is 0.913. The maximum absolute atomic E-state index is 11.9. The van der Waals surface area contributed by atoms with Gasteiger partial charge >= 0.3 is 12.2 Å². The van der Waals surface area contributed by atoms with Gasteiger partial charge in [0.2, 0.25) is 0 Å². The SMILES string of the molecule is COC(=O)N[C@H]1CCC2C3CC[C@H]4C[C@@H](OC(=O)OC)CC[C@]4(C)C3CC[C@@]21C. The lowest BCUT2D eigenvalue weighted by Crippen LogP contribution is -2.56. The highest BCUT2D eigenvalue weighted by molar-refractivity contribution is 5.67. The summed E-state index contributed by atoms with van der Waals surface area (Å²) in [6.45, 7) is 4.90. The van der Waals surface area contributed by atoms with Crippen LogP contribution in [-0.4, -0.2) is 38.6 Å². The average Bonchev–Trinajstić information content (AvgIpc) is 3.04. The molecule has 4 rings (SSSR count). The topological polar surface area (TPSA) is 73.9 Å². The van der Waals surface area contributed by atoms with E-state index in [0.717, 1.165) is 37.5 Å². The summed E-state index contributed by atoms with van der Waals surface area (Å²) >= 11 is 0. The van der Waals surface area contributed by atoms with E-state index in [1.54, 1.807) is 0 Å². The first-order valence-electron chi connectivity index (χ1n) is 11.4. The number of carbonyl (C=O) groups excluding carboxylic acids is 2. The van der Waals surface area contributed by atoms with Crippen LogP contribution >= 0.6 is 0 Å². The van der Waals surface area contributed by atoms with E-state index in [-0.39, 0.29) is 23.7 Å². The lowest BCUT2D eigenvalue weighted by atomic mass is 9.45. The lowest BCUT2D eigenvalue weighted by Gasteiger charge is -2.61. The number of ether oxygens (including phenoxy) is 3. The van der Waals surface area contributed by atoms with E-state index in [1.807, 2.05) is 0 Å². The van der Waals surface area contributed by atoms with Crippen molar-refractivity contribution in [3.63, 3.8) is 0 Å². The van der Waals surface area contributed by atoms with E-state index >= 15 is 0 Å². The molecule has 0 spiro atoms. The molecule has 4 fully saturated rings. The minimum absolute atomic E-state index is 0.00560. The molecule has 0 saturated heterocycles. The second-order valence-electron chi connectivity index (χ2n) is 10.4. The summed E-state index contributed by atoms with van der Waals surface area (Å²) in [5.74, 6) is 2.81. The van der Waals surface area contributed by atoms with E-state index in [0.29, 0.717) is 17.3 Å². The molecule has 164 valence electrons. The summed E-state index contributed by atoms with van der Waals surface area (Å²) in [6.07, 6.45) is 9.40. The molecule has 0 radical (unpaired) electrons. The molecule has 4 aliphatic carbocycles. The van der Waals surface area contributed by atoms with Crippen molar-refractivity contribution < 1.29 is 23.8 Å². The van der Waals surface area contributed by atoms with Crippen molar-refractivity contribution >= 4 is 12.2 Å². The number of methoxy groups -OCH3 is 2. The normalized spacial score (nSPS) is 45.9. The number of rotatable bonds is 2. The first-order valence-corrected chi connectivity index (χ1v) is 11.4. The van der Waals surface area contributed by atoms with Gasteiger partial charge in [0.1, 0.15) is 6.10 Å². The van der Waals surface area contributed by atoms with Gasteiger partial charge in [-0.1, -0.05) is 13.8 Å². The fourth-order valence-corrected chi connectivity index (χ4v) is 7.95. The van der Waals surface area contributed by atoms with Gasteiger partial charge in [-0.3, -0.25) is 0 Å². The van der Waals surface area contributed by atoms with Crippen molar-refractivity contribution in [2.75, 3.05) is 14.2 Å². The molecular formula is C23H37NO5. The second kappa shape index (κ2) is 7.66. The van der Waals surface area contributed by atoms with Gasteiger partial charge < -0.3 is 19.5 Å². The van der Waals surface area contributed by atoms with Crippen LogP contribution in [0.15, 0.2) is 0 Å². The Balaban J connectivity index is 1.47. The Kier molecular flexibility index (Phi) is 5.49. The molecule has 0 bridgehead atoms. The van der Waals surface area contributed by atoms with Gasteiger partial charge in [0.05, 0.1) is 14.2 Å². The van der Waals surface area contributed by atoms with Crippen LogP contribution in [0.2, 0.25) is 0 Å². The summed E-state index contributed by atoms with van der Waals surface area (Å²) < 4.78 is 15.1. The number of fused-ring (bicyclic) bond motifs is 5. The molecule has 0 aromatic rings. The maximum Gasteiger partial charge on any atom is 0.508 e. The van der Waals surface area contributed by atoms with Crippen molar-refractivity contribution in [3.05, 3.63) is 0 Å². The quantitative estimate of drug-likeness (QED) is 0.659. The Morgan fingerprint density at radius 1 is 0.862 bits per heavy atom. The molecule has 29 heavy (non-hydrogen) atoms. The van der Waals surface area contributed by atoms with Crippen molar-refractivity contribution in [2.45, 2.75) is 83.8 Å². The van der Waals surface area contributed by atoms with Crippen molar-refractivity contribution in [2.24, 2.45) is 34.5 Å². The molecule has 1 amide bonds. The molecular weight excluding hydrogens is 370 g/mol. The third-order valence-corrected chi connectivity index (χ3v) is 9.52. The van der Waals surface area contributed by atoms with E-state index < -0.39 is 6.16 Å². The van der Waals surface area contributed by atoms with Gasteiger partial charge in [0, 0.05) is 6.04 Å². The average molecular weight is 408 g/mol. The van der Waals surface area contributed by atoms with Crippen molar-refractivity contribution in [1.29, 1.82) is 0 Å². The number of carbonyl (C=O) groups is 2. The van der Waals surface area contributed by atoms with Gasteiger partial charge in [-0.25, -0.2) is 9.59 Å². The van der Waals surface area contributed by atoms with E-state index in [9.17, 15) is 9.59 Å². The standard InChI is InChI=1S/C23H37NO5/c1-22-11-9-15(29-21(26)28-4)13-14(22)5-6-16-17-7-8-19(24-20(25)27-3)23(17,2)12-10-18(16)22/h14-19H,5-13H2,1-4H3,(H,24,25)/t14-,15-,16?,17?,18?,19-,22-,23-/m0/s1. The fourth-order valence-electron chi connectivity index (χ4n) is 7.95. The van der Waals surface area contributed by atoms with E-state index in [1.165, 1.54) is 46.3 Å². The van der Waals surface area contributed by atoms with Crippen LogP contribution in [0, 0.1) is 34.5 Å². The Morgan fingerprint density at radius 2 is 1.59 bits per heavy atom. The second-order valence-corrected chi connectivity index (χ2v) is 10.4. The van der Waals surface area contributed by atoms with Crippen LogP contribution in [0.1, 0.15) is 71.6 Å². The zero-order chi connectivity index (χ0) is 20.8. The van der Waals surface area contributed by atoms with Crippen LogP contribution in [0.25, 0.3) is 0 Å². The Hall–Kier alpha value is -1.46. The molecule has 0 aliphatic heterocycles. The summed E-state index contributed by atoms with van der Waals surface area (Å²) in [4.78, 5) is 23.4. The zero-order valence-electron chi connectivity index (χ0n) is 18.4. The molecule has 6 heteroatoms.